The quantitative estimate of drug-likeness (QED) is 0.643. The maximum absolute atomic E-state index is 8.87. The van der Waals surface area contributed by atoms with Crippen molar-refractivity contribution in [3.63, 3.8) is 0 Å². The molecule has 1 heterocycles. The fourth-order valence-corrected chi connectivity index (χ4v) is 2.81. The van der Waals surface area contributed by atoms with Crippen molar-refractivity contribution >= 4 is 12.2 Å². The zero-order valence-corrected chi connectivity index (χ0v) is 14.1. The van der Waals surface area contributed by atoms with Gasteiger partial charge < -0.3 is 9.30 Å². The van der Waals surface area contributed by atoms with Crippen molar-refractivity contribution in [1.82, 2.24) is 4.57 Å². The Bertz CT molecular complexity index is 935. The highest BCUT2D eigenvalue weighted by molar-refractivity contribution is 7.71. The van der Waals surface area contributed by atoms with Gasteiger partial charge in [0.25, 0.3) is 0 Å². The van der Waals surface area contributed by atoms with Gasteiger partial charge in [0.1, 0.15) is 4.64 Å². The van der Waals surface area contributed by atoms with Crippen LogP contribution in [-0.4, -0.2) is 11.7 Å². The monoisotopic (exact) mass is 332 g/mol. The number of pyridine rings is 1. The molecule has 118 valence electrons. The molecule has 2 aromatic carbocycles. The predicted molar refractivity (Wildman–Crippen MR) is 97.5 cm³/mol. The first-order chi connectivity index (χ1) is 11.7. The number of ether oxygens (including phenoxy) is 1. The third-order valence-electron chi connectivity index (χ3n) is 3.86. The van der Waals surface area contributed by atoms with Gasteiger partial charge in [0.05, 0.1) is 18.7 Å². The van der Waals surface area contributed by atoms with E-state index in [2.05, 4.69) is 30.3 Å². The number of hydrogen-bond acceptors (Lipinski definition) is 3. The van der Waals surface area contributed by atoms with Crippen LogP contribution in [0.5, 0.6) is 5.75 Å². The first kappa shape index (κ1) is 16.0. The maximum Gasteiger partial charge on any atom is 0.153 e. The van der Waals surface area contributed by atoms with Crippen molar-refractivity contribution in [3.8, 4) is 22.9 Å². The van der Waals surface area contributed by atoms with E-state index >= 15 is 0 Å². The van der Waals surface area contributed by atoms with Crippen molar-refractivity contribution in [2.75, 3.05) is 7.11 Å². The van der Waals surface area contributed by atoms with Gasteiger partial charge in [-0.2, -0.15) is 5.26 Å². The van der Waals surface area contributed by atoms with Crippen LogP contribution in [0.2, 0.25) is 0 Å². The highest BCUT2D eigenvalue weighted by Gasteiger charge is 2.02. The predicted octanol–water partition coefficient (Wildman–Crippen LogP) is 4.81. The molecule has 0 bridgehead atoms. The highest BCUT2D eigenvalue weighted by Crippen LogP contribution is 2.21. The second kappa shape index (κ2) is 7.12. The summed E-state index contributed by atoms with van der Waals surface area (Å²) in [6.45, 7) is 0.698. The van der Waals surface area contributed by atoms with Gasteiger partial charge in [-0.1, -0.05) is 48.6 Å². The van der Waals surface area contributed by atoms with Gasteiger partial charge in [-0.3, -0.25) is 0 Å². The molecule has 0 saturated carbocycles. The van der Waals surface area contributed by atoms with Crippen molar-refractivity contribution < 1.29 is 4.74 Å². The molecule has 3 nitrogen and oxygen atoms in total. The minimum atomic E-state index is 0.669. The zero-order valence-electron chi connectivity index (χ0n) is 13.3. The summed E-state index contributed by atoms with van der Waals surface area (Å²) in [6, 6.07) is 21.9. The summed E-state index contributed by atoms with van der Waals surface area (Å²) in [4.78, 5) is 0. The molecule has 0 aliphatic rings. The van der Waals surface area contributed by atoms with E-state index in [0.717, 1.165) is 16.7 Å². The minimum absolute atomic E-state index is 0.669. The zero-order chi connectivity index (χ0) is 16.9. The third kappa shape index (κ3) is 3.37. The van der Waals surface area contributed by atoms with Crippen LogP contribution in [0, 0.1) is 16.0 Å². The highest BCUT2D eigenvalue weighted by atomic mass is 32.1. The van der Waals surface area contributed by atoms with Gasteiger partial charge in [0.2, 0.25) is 0 Å². The van der Waals surface area contributed by atoms with E-state index in [1.165, 1.54) is 0 Å². The van der Waals surface area contributed by atoms with Crippen LogP contribution >= 0.6 is 12.2 Å². The SMILES string of the molecule is COc1cccn(Cc2ccc(-c3ccc(C#N)cc3)cc2)c1=S. The Balaban J connectivity index is 1.82. The number of rotatable bonds is 4. The summed E-state index contributed by atoms with van der Waals surface area (Å²) in [5.41, 5.74) is 4.05. The summed E-state index contributed by atoms with van der Waals surface area (Å²) < 4.78 is 7.95. The van der Waals surface area contributed by atoms with E-state index in [4.69, 9.17) is 22.2 Å². The van der Waals surface area contributed by atoms with Gasteiger partial charge >= 0.3 is 0 Å². The Morgan fingerprint density at radius 1 is 1.00 bits per heavy atom. The molecule has 24 heavy (non-hydrogen) atoms. The van der Waals surface area contributed by atoms with Crippen molar-refractivity contribution in [2.45, 2.75) is 6.54 Å². The van der Waals surface area contributed by atoms with E-state index in [9.17, 15) is 0 Å². The molecule has 3 rings (SSSR count). The average Bonchev–Trinajstić information content (AvgIpc) is 2.64. The second-order valence-electron chi connectivity index (χ2n) is 5.40. The minimum Gasteiger partial charge on any atom is -0.494 e. The summed E-state index contributed by atoms with van der Waals surface area (Å²) in [6.07, 6.45) is 1.96. The molecule has 0 saturated heterocycles. The van der Waals surface area contributed by atoms with Gasteiger partial charge in [0.15, 0.2) is 5.75 Å². The Labute approximate surface area is 146 Å². The molecular formula is C20H16N2OS. The molecule has 1 aromatic heterocycles. The molecule has 0 aliphatic carbocycles. The molecule has 0 N–H and O–H groups in total. The van der Waals surface area contributed by atoms with Crippen LogP contribution < -0.4 is 4.74 Å². The second-order valence-corrected chi connectivity index (χ2v) is 5.78. The van der Waals surface area contributed by atoms with E-state index in [1.807, 2.05) is 47.2 Å². The van der Waals surface area contributed by atoms with Crippen LogP contribution in [-0.2, 0) is 6.54 Å². The van der Waals surface area contributed by atoms with Crippen LogP contribution in [0.4, 0.5) is 0 Å². The number of aromatic nitrogens is 1. The van der Waals surface area contributed by atoms with Gasteiger partial charge in [-0.25, -0.2) is 0 Å². The molecule has 3 aromatic rings. The topological polar surface area (TPSA) is 38.0 Å². The normalized spacial score (nSPS) is 10.2. The fraction of sp³-hybridized carbons (Fsp3) is 0.100. The van der Waals surface area contributed by atoms with E-state index in [-0.39, 0.29) is 0 Å². The molecule has 0 atom stereocenters. The Hall–Kier alpha value is -2.90. The smallest absolute Gasteiger partial charge is 0.153 e. The van der Waals surface area contributed by atoms with Crippen molar-refractivity contribution in [3.05, 3.63) is 82.6 Å². The van der Waals surface area contributed by atoms with Gasteiger partial charge in [-0.15, -0.1) is 0 Å². The van der Waals surface area contributed by atoms with Crippen LogP contribution in [0.1, 0.15) is 11.1 Å². The molecule has 0 unspecified atom stereocenters. The number of benzene rings is 2. The number of methoxy groups -OCH3 is 1. The summed E-state index contributed by atoms with van der Waals surface area (Å²) in [5.74, 6) is 0.710. The number of nitriles is 1. The lowest BCUT2D eigenvalue weighted by Gasteiger charge is -2.10. The molecule has 0 spiro atoms. The van der Waals surface area contributed by atoms with Crippen molar-refractivity contribution in [1.29, 1.82) is 5.26 Å². The van der Waals surface area contributed by atoms with Gasteiger partial charge in [-0.05, 0) is 41.0 Å². The molecular weight excluding hydrogens is 316 g/mol. The van der Waals surface area contributed by atoms with Gasteiger partial charge in [0, 0.05) is 12.7 Å². The largest absolute Gasteiger partial charge is 0.494 e. The fourth-order valence-electron chi connectivity index (χ4n) is 2.53. The van der Waals surface area contributed by atoms with E-state index in [0.29, 0.717) is 22.5 Å². The van der Waals surface area contributed by atoms with Crippen molar-refractivity contribution in [2.24, 2.45) is 0 Å². The first-order valence-electron chi connectivity index (χ1n) is 7.54. The lowest BCUT2D eigenvalue weighted by Crippen LogP contribution is -2.02. The summed E-state index contributed by atoms with van der Waals surface area (Å²) in [5, 5.41) is 8.87. The van der Waals surface area contributed by atoms with E-state index in [1.54, 1.807) is 7.11 Å². The number of nitrogens with zero attached hydrogens (tertiary/aromatic N) is 2. The summed E-state index contributed by atoms with van der Waals surface area (Å²) >= 11 is 5.43. The Morgan fingerprint density at radius 3 is 2.21 bits per heavy atom. The maximum atomic E-state index is 8.87. The summed E-state index contributed by atoms with van der Waals surface area (Å²) in [7, 11) is 1.63. The molecule has 0 amide bonds. The van der Waals surface area contributed by atoms with Crippen LogP contribution in [0.3, 0.4) is 0 Å². The molecule has 4 heteroatoms. The molecule has 0 fully saturated rings. The lowest BCUT2D eigenvalue weighted by atomic mass is 10.0. The van der Waals surface area contributed by atoms with E-state index < -0.39 is 0 Å². The standard InChI is InChI=1S/C20H16N2OS/c1-23-19-3-2-12-22(20(19)24)14-16-6-10-18(11-7-16)17-8-4-15(13-21)5-9-17/h2-12H,14H2,1H3. The lowest BCUT2D eigenvalue weighted by molar-refractivity contribution is 0.407. The first-order valence-corrected chi connectivity index (χ1v) is 7.95. The Morgan fingerprint density at radius 2 is 1.62 bits per heavy atom. The van der Waals surface area contributed by atoms with Crippen LogP contribution in [0.15, 0.2) is 66.9 Å². The number of hydrogen-bond donors (Lipinski definition) is 0. The molecule has 0 aliphatic heterocycles. The van der Waals surface area contributed by atoms with Crippen LogP contribution in [0.25, 0.3) is 11.1 Å². The average molecular weight is 332 g/mol. The third-order valence-corrected chi connectivity index (χ3v) is 4.30. The molecule has 0 radical (unpaired) electrons. The Kier molecular flexibility index (Phi) is 4.74.